The molecule has 0 unspecified atom stereocenters. The first kappa shape index (κ1) is 20.6. The number of aromatic nitrogens is 3. The molecule has 2 aliphatic heterocycles. The summed E-state index contributed by atoms with van der Waals surface area (Å²) in [5, 5.41) is 7.07. The zero-order valence-electron chi connectivity index (χ0n) is 17.3. The van der Waals surface area contributed by atoms with Gasteiger partial charge in [-0.15, -0.1) is 0 Å². The summed E-state index contributed by atoms with van der Waals surface area (Å²) in [4.78, 5) is 35.0. The molecule has 9 nitrogen and oxygen atoms in total. The van der Waals surface area contributed by atoms with Crippen molar-refractivity contribution in [3.05, 3.63) is 12.7 Å². The number of piperidine rings is 1. The predicted octanol–water partition coefficient (Wildman–Crippen LogP) is 0.498. The Kier molecular flexibility index (Phi) is 6.88. The number of amides is 3. The summed E-state index contributed by atoms with van der Waals surface area (Å²) in [5.74, 6) is 1.37. The van der Waals surface area contributed by atoms with Crippen molar-refractivity contribution in [2.45, 2.75) is 39.8 Å². The highest BCUT2D eigenvalue weighted by Crippen LogP contribution is 2.21. The summed E-state index contributed by atoms with van der Waals surface area (Å²) >= 11 is 0. The maximum atomic E-state index is 12.6. The number of rotatable bonds is 5. The van der Waals surface area contributed by atoms with E-state index >= 15 is 0 Å². The smallest absolute Gasteiger partial charge is 0.317 e. The second kappa shape index (κ2) is 9.36. The molecule has 0 aliphatic carbocycles. The quantitative estimate of drug-likeness (QED) is 0.790. The molecule has 3 atom stereocenters. The number of likely N-dealkylation sites (tertiary alicyclic amines) is 1. The Bertz CT molecular complexity index is 633. The first-order valence-corrected chi connectivity index (χ1v) is 10.3. The highest BCUT2D eigenvalue weighted by Gasteiger charge is 2.28. The number of piperazine rings is 1. The predicted molar refractivity (Wildman–Crippen MR) is 106 cm³/mol. The van der Waals surface area contributed by atoms with E-state index in [-0.39, 0.29) is 18.0 Å². The van der Waals surface area contributed by atoms with Gasteiger partial charge in [0.25, 0.3) is 0 Å². The van der Waals surface area contributed by atoms with E-state index in [2.05, 4.69) is 34.1 Å². The van der Waals surface area contributed by atoms with E-state index in [1.165, 1.54) is 12.7 Å². The Balaban J connectivity index is 1.39. The van der Waals surface area contributed by atoms with Crippen molar-refractivity contribution in [3.63, 3.8) is 0 Å². The van der Waals surface area contributed by atoms with Gasteiger partial charge in [0.1, 0.15) is 12.7 Å². The van der Waals surface area contributed by atoms with Crippen LogP contribution in [0.15, 0.2) is 12.7 Å². The van der Waals surface area contributed by atoms with Crippen molar-refractivity contribution in [3.8, 4) is 0 Å². The van der Waals surface area contributed by atoms with E-state index in [1.54, 1.807) is 11.0 Å². The molecule has 2 saturated heterocycles. The van der Waals surface area contributed by atoms with Crippen molar-refractivity contribution < 1.29 is 9.59 Å². The Hall–Kier alpha value is -2.16. The van der Waals surface area contributed by atoms with E-state index in [4.69, 9.17) is 0 Å². The van der Waals surface area contributed by atoms with Gasteiger partial charge in [-0.3, -0.25) is 14.4 Å². The molecule has 0 bridgehead atoms. The zero-order valence-corrected chi connectivity index (χ0v) is 17.3. The molecular weight excluding hydrogens is 358 g/mol. The molecule has 3 heterocycles. The monoisotopic (exact) mass is 391 g/mol. The highest BCUT2D eigenvalue weighted by atomic mass is 16.2. The molecule has 28 heavy (non-hydrogen) atoms. The molecular formula is C19H33N7O2. The summed E-state index contributed by atoms with van der Waals surface area (Å²) in [5.41, 5.74) is 0. The lowest BCUT2D eigenvalue weighted by Crippen LogP contribution is -2.55. The first-order chi connectivity index (χ1) is 13.4. The summed E-state index contributed by atoms with van der Waals surface area (Å²) in [7, 11) is 0. The fourth-order valence-corrected chi connectivity index (χ4v) is 4.22. The maximum absolute atomic E-state index is 12.6. The molecule has 2 aliphatic rings. The van der Waals surface area contributed by atoms with E-state index in [0.29, 0.717) is 38.0 Å². The van der Waals surface area contributed by atoms with Crippen molar-refractivity contribution in [2.24, 2.45) is 11.8 Å². The van der Waals surface area contributed by atoms with Gasteiger partial charge < -0.3 is 15.1 Å². The van der Waals surface area contributed by atoms with Crippen LogP contribution in [0.25, 0.3) is 0 Å². The van der Waals surface area contributed by atoms with Crippen LogP contribution >= 0.6 is 0 Å². The van der Waals surface area contributed by atoms with Crippen molar-refractivity contribution in [2.75, 3.05) is 45.8 Å². The molecule has 156 valence electrons. The number of hydrogen-bond donors (Lipinski definition) is 1. The Morgan fingerprint density at radius 3 is 2.39 bits per heavy atom. The van der Waals surface area contributed by atoms with E-state index in [0.717, 1.165) is 26.2 Å². The lowest BCUT2D eigenvalue weighted by molar-refractivity contribution is -0.135. The average molecular weight is 392 g/mol. The summed E-state index contributed by atoms with van der Waals surface area (Å²) in [6.45, 7) is 11.9. The van der Waals surface area contributed by atoms with Crippen LogP contribution in [-0.4, -0.2) is 93.3 Å². The number of urea groups is 1. The standard InChI is InChI=1S/C19H33N7O2/c1-15-8-16(2)10-25(9-15)18(27)12-23-4-6-24(7-5-23)19(28)22-17(3)11-26-14-20-13-21-26/h13-17H,4-12H2,1-3H3,(H,22,28)/t15-,16+,17-/m1/s1. The van der Waals surface area contributed by atoms with Crippen LogP contribution in [0.5, 0.6) is 0 Å². The van der Waals surface area contributed by atoms with Crippen LogP contribution in [0.4, 0.5) is 4.79 Å². The number of nitrogens with one attached hydrogen (secondary N) is 1. The zero-order chi connectivity index (χ0) is 20.1. The molecule has 3 amide bonds. The van der Waals surface area contributed by atoms with Crippen molar-refractivity contribution >= 4 is 11.9 Å². The van der Waals surface area contributed by atoms with Gasteiger partial charge >= 0.3 is 6.03 Å². The molecule has 1 N–H and O–H groups in total. The molecule has 3 rings (SSSR count). The highest BCUT2D eigenvalue weighted by molar-refractivity contribution is 5.78. The van der Waals surface area contributed by atoms with Crippen LogP contribution < -0.4 is 5.32 Å². The molecule has 0 aromatic carbocycles. The molecule has 1 aromatic heterocycles. The number of nitrogens with zero attached hydrogens (tertiary/aromatic N) is 6. The fourth-order valence-electron chi connectivity index (χ4n) is 4.22. The van der Waals surface area contributed by atoms with Gasteiger partial charge in [0.05, 0.1) is 13.1 Å². The Morgan fingerprint density at radius 1 is 1.11 bits per heavy atom. The minimum atomic E-state index is -0.0581. The fraction of sp³-hybridized carbons (Fsp3) is 0.789. The van der Waals surface area contributed by atoms with Crippen LogP contribution in [-0.2, 0) is 11.3 Å². The number of carbonyl (C=O) groups is 2. The minimum absolute atomic E-state index is 0.0307. The van der Waals surface area contributed by atoms with Crippen LogP contribution in [0.1, 0.15) is 27.2 Å². The van der Waals surface area contributed by atoms with Gasteiger partial charge in [0.15, 0.2) is 0 Å². The summed E-state index contributed by atoms with van der Waals surface area (Å²) < 4.78 is 1.71. The molecule has 2 fully saturated rings. The largest absolute Gasteiger partial charge is 0.341 e. The van der Waals surface area contributed by atoms with E-state index in [9.17, 15) is 9.59 Å². The normalized spacial score (nSPS) is 24.8. The summed E-state index contributed by atoms with van der Waals surface area (Å²) in [6, 6.07) is -0.0887. The molecule has 0 spiro atoms. The minimum Gasteiger partial charge on any atom is -0.341 e. The third-order valence-electron chi connectivity index (χ3n) is 5.54. The van der Waals surface area contributed by atoms with Gasteiger partial charge in [0.2, 0.25) is 5.91 Å². The lowest BCUT2D eigenvalue weighted by atomic mass is 9.92. The second-order valence-corrected chi connectivity index (χ2v) is 8.48. The molecule has 0 radical (unpaired) electrons. The van der Waals surface area contributed by atoms with Gasteiger partial charge in [-0.1, -0.05) is 13.8 Å². The second-order valence-electron chi connectivity index (χ2n) is 8.48. The third-order valence-corrected chi connectivity index (χ3v) is 5.54. The Morgan fingerprint density at radius 2 is 1.79 bits per heavy atom. The topological polar surface area (TPSA) is 86.6 Å². The van der Waals surface area contributed by atoms with Crippen LogP contribution in [0.3, 0.4) is 0 Å². The van der Waals surface area contributed by atoms with Gasteiger partial charge in [-0.05, 0) is 25.2 Å². The van der Waals surface area contributed by atoms with Crippen molar-refractivity contribution in [1.29, 1.82) is 0 Å². The van der Waals surface area contributed by atoms with Gasteiger partial charge in [0, 0.05) is 45.3 Å². The summed E-state index contributed by atoms with van der Waals surface area (Å²) in [6.07, 6.45) is 4.33. The molecule has 0 saturated carbocycles. The number of hydrogen-bond acceptors (Lipinski definition) is 5. The molecule has 9 heteroatoms. The number of carbonyl (C=O) groups excluding carboxylic acids is 2. The average Bonchev–Trinajstić information content (AvgIpc) is 3.14. The van der Waals surface area contributed by atoms with Crippen LogP contribution in [0, 0.1) is 11.8 Å². The van der Waals surface area contributed by atoms with Crippen LogP contribution in [0.2, 0.25) is 0 Å². The first-order valence-electron chi connectivity index (χ1n) is 10.3. The maximum Gasteiger partial charge on any atom is 0.317 e. The Labute approximate surface area is 167 Å². The van der Waals surface area contributed by atoms with E-state index in [1.807, 2.05) is 16.7 Å². The van der Waals surface area contributed by atoms with E-state index < -0.39 is 0 Å². The van der Waals surface area contributed by atoms with Gasteiger partial charge in [-0.2, -0.15) is 5.10 Å². The third kappa shape index (κ3) is 5.67. The lowest BCUT2D eigenvalue weighted by Gasteiger charge is -2.38. The van der Waals surface area contributed by atoms with Gasteiger partial charge in [-0.25, -0.2) is 9.78 Å². The van der Waals surface area contributed by atoms with Crippen molar-refractivity contribution in [1.82, 2.24) is 34.8 Å². The SMILES string of the molecule is C[C@@H]1C[C@H](C)CN(C(=O)CN2CCN(C(=O)N[C@H](C)Cn3cncn3)CC2)C1. The molecule has 1 aromatic rings.